The minimum absolute atomic E-state index is 0.125. The average Bonchev–Trinajstić information content (AvgIpc) is 2.48. The van der Waals surface area contributed by atoms with Crippen molar-refractivity contribution in [3.05, 3.63) is 53.2 Å². The van der Waals surface area contributed by atoms with Crippen molar-refractivity contribution in [2.24, 2.45) is 0 Å². The Morgan fingerprint density at radius 2 is 1.96 bits per heavy atom. The van der Waals surface area contributed by atoms with E-state index in [2.05, 4.69) is 4.98 Å². The van der Waals surface area contributed by atoms with Crippen LogP contribution in [0, 0.1) is 13.8 Å². The number of alkyl halides is 3. The fourth-order valence-electron chi connectivity index (χ4n) is 1.81. The van der Waals surface area contributed by atoms with Gasteiger partial charge in [-0.1, -0.05) is 17.8 Å². The second-order valence-corrected chi connectivity index (χ2v) is 6.06. The number of hydrogen-bond donors (Lipinski definition) is 1. The van der Waals surface area contributed by atoms with Gasteiger partial charge < -0.3 is 5.32 Å². The van der Waals surface area contributed by atoms with Gasteiger partial charge in [0, 0.05) is 11.1 Å². The summed E-state index contributed by atoms with van der Waals surface area (Å²) in [5, 5.41) is 2.24. The number of nitrogens with one attached hydrogen (secondary N) is 1. The van der Waals surface area contributed by atoms with Gasteiger partial charge in [0.2, 0.25) is 0 Å². The highest BCUT2D eigenvalue weighted by Crippen LogP contribution is 2.30. The zero-order valence-corrected chi connectivity index (χ0v) is 13.4. The first kappa shape index (κ1) is 17.3. The van der Waals surface area contributed by atoms with Crippen LogP contribution < -0.4 is 5.32 Å². The van der Waals surface area contributed by atoms with Gasteiger partial charge in [-0.25, -0.2) is 4.98 Å². The van der Waals surface area contributed by atoms with Crippen molar-refractivity contribution in [3.63, 3.8) is 0 Å². The van der Waals surface area contributed by atoms with Crippen molar-refractivity contribution in [3.8, 4) is 0 Å². The highest BCUT2D eigenvalue weighted by atomic mass is 32.2. The number of benzene rings is 1. The number of rotatable bonds is 4. The molecule has 122 valence electrons. The molecule has 0 saturated carbocycles. The molecular formula is C16H15F3N2OS. The van der Waals surface area contributed by atoms with Crippen LogP contribution in [0.25, 0.3) is 0 Å². The Balaban J connectivity index is 2.20. The molecule has 0 fully saturated rings. The van der Waals surface area contributed by atoms with Crippen molar-refractivity contribution in [1.82, 2.24) is 10.3 Å². The molecule has 7 heteroatoms. The molecule has 1 amide bonds. The highest BCUT2D eigenvalue weighted by molar-refractivity contribution is 7.99. The van der Waals surface area contributed by atoms with Gasteiger partial charge in [0.25, 0.3) is 5.91 Å². The van der Waals surface area contributed by atoms with Crippen LogP contribution in [0.5, 0.6) is 0 Å². The molecule has 0 aliphatic rings. The molecule has 3 nitrogen and oxygen atoms in total. The maximum absolute atomic E-state index is 12.2. The predicted molar refractivity (Wildman–Crippen MR) is 82.7 cm³/mol. The number of hydrogen-bond acceptors (Lipinski definition) is 3. The van der Waals surface area contributed by atoms with E-state index in [9.17, 15) is 18.0 Å². The summed E-state index contributed by atoms with van der Waals surface area (Å²) in [5.74, 6) is -0.790. The number of aryl methyl sites for hydroxylation is 2. The first-order valence-electron chi connectivity index (χ1n) is 6.81. The zero-order valence-electron chi connectivity index (χ0n) is 12.6. The van der Waals surface area contributed by atoms with E-state index in [-0.39, 0.29) is 5.56 Å². The average molecular weight is 340 g/mol. The number of pyridine rings is 1. The summed E-state index contributed by atoms with van der Waals surface area (Å²) in [6, 6.07) is 8.77. The van der Waals surface area contributed by atoms with Crippen LogP contribution >= 0.6 is 11.8 Å². The summed E-state index contributed by atoms with van der Waals surface area (Å²) < 4.78 is 36.7. The van der Waals surface area contributed by atoms with Gasteiger partial charge in [0.1, 0.15) is 11.6 Å². The van der Waals surface area contributed by atoms with Crippen molar-refractivity contribution in [1.29, 1.82) is 0 Å². The third kappa shape index (κ3) is 4.99. The molecule has 1 heterocycles. The number of amides is 1. The van der Waals surface area contributed by atoms with E-state index in [1.807, 2.05) is 37.4 Å². The van der Waals surface area contributed by atoms with Crippen LogP contribution in [0.4, 0.5) is 13.2 Å². The Hall–Kier alpha value is -2.02. The van der Waals surface area contributed by atoms with Crippen LogP contribution in [0.2, 0.25) is 0 Å². The number of halogens is 3. The monoisotopic (exact) mass is 340 g/mol. The lowest BCUT2D eigenvalue weighted by atomic mass is 10.1. The fourth-order valence-corrected chi connectivity index (χ4v) is 2.79. The minimum Gasteiger partial charge on any atom is -0.343 e. The van der Waals surface area contributed by atoms with E-state index in [4.69, 9.17) is 0 Å². The topological polar surface area (TPSA) is 42.0 Å². The van der Waals surface area contributed by atoms with Crippen LogP contribution in [0.3, 0.4) is 0 Å². The molecule has 1 N–H and O–H groups in total. The van der Waals surface area contributed by atoms with Crippen molar-refractivity contribution in [2.75, 3.05) is 6.54 Å². The maximum atomic E-state index is 12.2. The van der Waals surface area contributed by atoms with E-state index in [1.165, 1.54) is 30.1 Å². The maximum Gasteiger partial charge on any atom is 0.405 e. The third-order valence-corrected chi connectivity index (χ3v) is 4.17. The van der Waals surface area contributed by atoms with Crippen LogP contribution in [0.1, 0.15) is 21.5 Å². The van der Waals surface area contributed by atoms with Gasteiger partial charge in [0.05, 0.1) is 5.56 Å². The van der Waals surface area contributed by atoms with E-state index >= 15 is 0 Å². The Morgan fingerprint density at radius 3 is 2.61 bits per heavy atom. The summed E-state index contributed by atoms with van der Waals surface area (Å²) in [4.78, 5) is 16.9. The Labute approximate surface area is 136 Å². The van der Waals surface area contributed by atoms with Gasteiger partial charge in [-0.2, -0.15) is 13.2 Å². The lowest BCUT2D eigenvalue weighted by Gasteiger charge is -2.11. The molecule has 1 aromatic carbocycles. The molecule has 0 bridgehead atoms. The first-order chi connectivity index (χ1) is 10.8. The standard InChI is InChI=1S/C16H15F3N2OS/c1-10-5-6-12(8-11(10)2)23-15-13(4-3-7-20-15)14(22)21-9-16(17,18)19/h3-8H,9H2,1-2H3,(H,21,22). The second kappa shape index (κ2) is 7.04. The number of carbonyl (C=O) groups excluding carboxylic acids is 1. The largest absolute Gasteiger partial charge is 0.405 e. The molecule has 0 saturated heterocycles. The third-order valence-electron chi connectivity index (χ3n) is 3.16. The quantitative estimate of drug-likeness (QED) is 0.909. The van der Waals surface area contributed by atoms with Gasteiger partial charge in [-0.05, 0) is 49.2 Å². The molecule has 0 spiro atoms. The number of carbonyl (C=O) groups is 1. The van der Waals surface area contributed by atoms with E-state index in [0.717, 1.165) is 16.0 Å². The minimum atomic E-state index is -4.45. The molecule has 0 atom stereocenters. The molecule has 2 aromatic rings. The lowest BCUT2D eigenvalue weighted by Crippen LogP contribution is -2.34. The van der Waals surface area contributed by atoms with Crippen molar-refractivity contribution in [2.45, 2.75) is 29.9 Å². The molecule has 0 unspecified atom stereocenters. The predicted octanol–water partition coefficient (Wildman–Crippen LogP) is 4.14. The van der Waals surface area contributed by atoms with E-state index in [1.54, 1.807) is 0 Å². The number of aromatic nitrogens is 1. The second-order valence-electron chi connectivity index (χ2n) is 5.00. The van der Waals surface area contributed by atoms with Crippen molar-refractivity contribution < 1.29 is 18.0 Å². The smallest absolute Gasteiger partial charge is 0.343 e. The van der Waals surface area contributed by atoms with Gasteiger partial charge in [0.15, 0.2) is 0 Å². The van der Waals surface area contributed by atoms with Gasteiger partial charge >= 0.3 is 6.18 Å². The summed E-state index contributed by atoms with van der Waals surface area (Å²) in [6.07, 6.45) is -2.94. The Kier molecular flexibility index (Phi) is 5.30. The first-order valence-corrected chi connectivity index (χ1v) is 7.63. The van der Waals surface area contributed by atoms with Crippen LogP contribution in [0.15, 0.2) is 46.5 Å². The normalized spacial score (nSPS) is 11.3. The van der Waals surface area contributed by atoms with Gasteiger partial charge in [-0.15, -0.1) is 0 Å². The fraction of sp³-hybridized carbons (Fsp3) is 0.250. The Morgan fingerprint density at radius 1 is 1.22 bits per heavy atom. The van der Waals surface area contributed by atoms with Gasteiger partial charge in [-0.3, -0.25) is 4.79 Å². The van der Waals surface area contributed by atoms with E-state index in [0.29, 0.717) is 5.03 Å². The molecule has 0 aliphatic heterocycles. The number of nitrogens with zero attached hydrogens (tertiary/aromatic N) is 1. The lowest BCUT2D eigenvalue weighted by molar-refractivity contribution is -0.123. The van der Waals surface area contributed by atoms with Crippen LogP contribution in [-0.4, -0.2) is 23.6 Å². The molecular weight excluding hydrogens is 325 g/mol. The molecule has 0 radical (unpaired) electrons. The molecule has 0 aliphatic carbocycles. The molecule has 1 aromatic heterocycles. The zero-order chi connectivity index (χ0) is 17.0. The SMILES string of the molecule is Cc1ccc(Sc2ncccc2C(=O)NCC(F)(F)F)cc1C. The van der Waals surface area contributed by atoms with E-state index < -0.39 is 18.6 Å². The highest BCUT2D eigenvalue weighted by Gasteiger charge is 2.28. The summed E-state index contributed by atoms with van der Waals surface area (Å²) in [5.41, 5.74) is 2.35. The summed E-state index contributed by atoms with van der Waals surface area (Å²) in [7, 11) is 0. The summed E-state index contributed by atoms with van der Waals surface area (Å²) in [6.45, 7) is 2.59. The van der Waals surface area contributed by atoms with Crippen LogP contribution in [-0.2, 0) is 0 Å². The Bertz CT molecular complexity index is 717. The molecule has 2 rings (SSSR count). The summed E-state index contributed by atoms with van der Waals surface area (Å²) >= 11 is 1.25. The molecule has 23 heavy (non-hydrogen) atoms. The van der Waals surface area contributed by atoms with Crippen molar-refractivity contribution >= 4 is 17.7 Å².